The van der Waals surface area contributed by atoms with E-state index in [-0.39, 0.29) is 5.97 Å². The number of carbonyl (C=O) groups excluding carboxylic acids is 1. The van der Waals surface area contributed by atoms with Gasteiger partial charge in [-0.25, -0.2) is 4.79 Å². The fourth-order valence-corrected chi connectivity index (χ4v) is 4.40. The number of thiophene rings is 1. The predicted molar refractivity (Wildman–Crippen MR) is 110 cm³/mol. The van der Waals surface area contributed by atoms with Gasteiger partial charge in [0.15, 0.2) is 5.11 Å². The molecule has 0 radical (unpaired) electrons. The lowest BCUT2D eigenvalue weighted by atomic mass is 10.1. The molecule has 2 heterocycles. The highest BCUT2D eigenvalue weighted by atomic mass is 32.1. The number of nitrogens with zero attached hydrogens (tertiary/aromatic N) is 2. The summed E-state index contributed by atoms with van der Waals surface area (Å²) in [6.07, 6.45) is 0.767. The van der Waals surface area contributed by atoms with Gasteiger partial charge in [-0.05, 0) is 51.9 Å². The minimum absolute atomic E-state index is 0.340. The molecule has 0 amide bonds. The SMILES string of the molecule is CCc1c(C)sc(NC(=S)NCc2c(C)nn(CC)c2C)c1C(=O)OC. The van der Waals surface area contributed by atoms with E-state index in [4.69, 9.17) is 17.0 Å². The lowest BCUT2D eigenvalue weighted by molar-refractivity contribution is 0.0601. The number of anilines is 1. The smallest absolute Gasteiger partial charge is 0.341 e. The van der Waals surface area contributed by atoms with Crippen LogP contribution in [0.25, 0.3) is 0 Å². The maximum absolute atomic E-state index is 12.2. The van der Waals surface area contributed by atoms with Gasteiger partial charge in [0, 0.05) is 29.2 Å². The molecule has 142 valence electrons. The Morgan fingerprint density at radius 1 is 1.27 bits per heavy atom. The first-order valence-electron chi connectivity index (χ1n) is 8.62. The third kappa shape index (κ3) is 4.07. The number of thiocarbonyl (C=S) groups is 1. The number of nitrogens with one attached hydrogen (secondary N) is 2. The quantitative estimate of drug-likeness (QED) is 0.575. The van der Waals surface area contributed by atoms with Crippen molar-refractivity contribution in [2.75, 3.05) is 12.4 Å². The molecule has 2 N–H and O–H groups in total. The van der Waals surface area contributed by atoms with Gasteiger partial charge in [0.05, 0.1) is 18.4 Å². The summed E-state index contributed by atoms with van der Waals surface area (Å²) in [7, 11) is 1.39. The van der Waals surface area contributed by atoms with Crippen LogP contribution in [0.5, 0.6) is 0 Å². The van der Waals surface area contributed by atoms with Crippen molar-refractivity contribution in [1.82, 2.24) is 15.1 Å². The highest BCUT2D eigenvalue weighted by molar-refractivity contribution is 7.80. The van der Waals surface area contributed by atoms with E-state index in [9.17, 15) is 4.79 Å². The van der Waals surface area contributed by atoms with E-state index in [1.54, 1.807) is 0 Å². The van der Waals surface area contributed by atoms with Crippen molar-refractivity contribution < 1.29 is 9.53 Å². The maximum atomic E-state index is 12.2. The van der Waals surface area contributed by atoms with E-state index in [1.165, 1.54) is 18.4 Å². The summed E-state index contributed by atoms with van der Waals surface area (Å²) in [6.45, 7) is 11.6. The number of hydrogen-bond acceptors (Lipinski definition) is 5. The summed E-state index contributed by atoms with van der Waals surface area (Å²) >= 11 is 6.95. The molecule has 2 aromatic heterocycles. The van der Waals surface area contributed by atoms with Gasteiger partial charge >= 0.3 is 5.97 Å². The molecule has 0 bridgehead atoms. The molecule has 2 rings (SSSR count). The second-order valence-corrected chi connectivity index (χ2v) is 7.59. The molecule has 0 atom stereocenters. The van der Waals surface area contributed by atoms with Gasteiger partial charge in [0.25, 0.3) is 0 Å². The summed E-state index contributed by atoms with van der Waals surface area (Å²) in [4.78, 5) is 13.3. The van der Waals surface area contributed by atoms with Crippen LogP contribution < -0.4 is 10.6 Å². The third-order valence-electron chi connectivity index (χ3n) is 4.44. The first-order valence-corrected chi connectivity index (χ1v) is 9.84. The minimum atomic E-state index is -0.340. The van der Waals surface area contributed by atoms with Crippen molar-refractivity contribution in [2.45, 2.75) is 54.1 Å². The molecule has 0 saturated carbocycles. The number of carbonyl (C=O) groups is 1. The third-order valence-corrected chi connectivity index (χ3v) is 5.75. The molecule has 2 aromatic rings. The van der Waals surface area contributed by atoms with Crippen LogP contribution in [0.1, 0.15) is 51.6 Å². The standard InChI is InChI=1S/C18H26N4O2S2/c1-7-13-12(5)26-16(15(13)17(23)24-6)20-18(25)19-9-14-10(3)21-22(8-2)11(14)4/h7-9H2,1-6H3,(H2,19,20,25). The van der Waals surface area contributed by atoms with Crippen molar-refractivity contribution in [3.05, 3.63) is 33.0 Å². The van der Waals surface area contributed by atoms with Crippen molar-refractivity contribution >= 4 is 39.6 Å². The zero-order valence-corrected chi connectivity index (χ0v) is 17.8. The van der Waals surface area contributed by atoms with E-state index >= 15 is 0 Å². The maximum Gasteiger partial charge on any atom is 0.341 e. The van der Waals surface area contributed by atoms with Crippen molar-refractivity contribution in [3.63, 3.8) is 0 Å². The largest absolute Gasteiger partial charge is 0.465 e. The Balaban J connectivity index is 2.14. The molecule has 0 fully saturated rings. The molecular weight excluding hydrogens is 368 g/mol. The number of methoxy groups -OCH3 is 1. The van der Waals surface area contributed by atoms with E-state index in [2.05, 4.69) is 29.6 Å². The molecule has 0 saturated heterocycles. The molecule has 0 aromatic carbocycles. The molecular formula is C18H26N4O2S2. The first kappa shape index (κ1) is 20.4. The molecule has 0 aliphatic carbocycles. The van der Waals surface area contributed by atoms with Gasteiger partial charge in [0.2, 0.25) is 0 Å². The summed E-state index contributed by atoms with van der Waals surface area (Å²) in [6, 6.07) is 0. The Labute approximate surface area is 163 Å². The molecule has 26 heavy (non-hydrogen) atoms. The summed E-state index contributed by atoms with van der Waals surface area (Å²) < 4.78 is 6.92. The minimum Gasteiger partial charge on any atom is -0.465 e. The van der Waals surface area contributed by atoms with Crippen LogP contribution in [-0.4, -0.2) is 28.0 Å². The van der Waals surface area contributed by atoms with Gasteiger partial charge in [-0.15, -0.1) is 11.3 Å². The number of aryl methyl sites for hydroxylation is 3. The van der Waals surface area contributed by atoms with Gasteiger partial charge in [0.1, 0.15) is 5.00 Å². The van der Waals surface area contributed by atoms with Crippen molar-refractivity contribution in [2.24, 2.45) is 0 Å². The van der Waals surface area contributed by atoms with Crippen LogP contribution in [0, 0.1) is 20.8 Å². The van der Waals surface area contributed by atoms with Crippen LogP contribution in [0.3, 0.4) is 0 Å². The zero-order chi connectivity index (χ0) is 19.4. The van der Waals surface area contributed by atoms with Gasteiger partial charge in [-0.1, -0.05) is 6.92 Å². The molecule has 0 aliphatic heterocycles. The number of esters is 1. The van der Waals surface area contributed by atoms with E-state index < -0.39 is 0 Å². The topological polar surface area (TPSA) is 68.2 Å². The van der Waals surface area contributed by atoms with Crippen molar-refractivity contribution in [3.8, 4) is 0 Å². The van der Waals surface area contributed by atoms with Crippen LogP contribution in [-0.2, 0) is 24.2 Å². The van der Waals surface area contributed by atoms with Gasteiger partial charge in [-0.2, -0.15) is 5.10 Å². The Morgan fingerprint density at radius 3 is 2.50 bits per heavy atom. The van der Waals surface area contributed by atoms with Crippen LogP contribution >= 0.6 is 23.6 Å². The summed E-state index contributed by atoms with van der Waals surface area (Å²) in [5.74, 6) is -0.340. The average molecular weight is 395 g/mol. The number of rotatable bonds is 6. The molecule has 0 spiro atoms. The number of aromatic nitrogens is 2. The second kappa shape index (κ2) is 8.64. The first-order chi connectivity index (χ1) is 12.3. The number of ether oxygens (including phenoxy) is 1. The van der Waals surface area contributed by atoms with E-state index in [1.807, 2.05) is 25.5 Å². The summed E-state index contributed by atoms with van der Waals surface area (Å²) in [5.41, 5.74) is 4.85. The summed E-state index contributed by atoms with van der Waals surface area (Å²) in [5, 5.41) is 12.1. The monoisotopic (exact) mass is 394 g/mol. The van der Waals surface area contributed by atoms with Crippen LogP contribution in [0.4, 0.5) is 5.00 Å². The van der Waals surface area contributed by atoms with E-state index in [0.717, 1.165) is 45.4 Å². The highest BCUT2D eigenvalue weighted by Crippen LogP contribution is 2.34. The Kier molecular flexibility index (Phi) is 6.77. The molecule has 0 aliphatic rings. The van der Waals surface area contributed by atoms with E-state index in [0.29, 0.717) is 17.2 Å². The Hall–Kier alpha value is -1.93. The predicted octanol–water partition coefficient (Wildman–Crippen LogP) is 3.73. The molecule has 0 unspecified atom stereocenters. The van der Waals surface area contributed by atoms with Crippen molar-refractivity contribution in [1.29, 1.82) is 0 Å². The highest BCUT2D eigenvalue weighted by Gasteiger charge is 2.22. The fourth-order valence-electron chi connectivity index (χ4n) is 3.02. The fraction of sp³-hybridized carbons (Fsp3) is 0.500. The van der Waals surface area contributed by atoms with Crippen LogP contribution in [0.15, 0.2) is 0 Å². The molecule has 6 nitrogen and oxygen atoms in total. The van der Waals surface area contributed by atoms with Gasteiger partial charge < -0.3 is 15.4 Å². The second-order valence-electron chi connectivity index (χ2n) is 5.96. The van der Waals surface area contributed by atoms with Crippen LogP contribution in [0.2, 0.25) is 0 Å². The normalized spacial score (nSPS) is 10.7. The average Bonchev–Trinajstić information content (AvgIpc) is 3.07. The molecule has 8 heteroatoms. The lowest BCUT2D eigenvalue weighted by Gasteiger charge is -2.11. The number of hydrogen-bond donors (Lipinski definition) is 2. The lowest BCUT2D eigenvalue weighted by Crippen LogP contribution is -2.28. The zero-order valence-electron chi connectivity index (χ0n) is 16.1. The van der Waals surface area contributed by atoms with Gasteiger partial charge in [-0.3, -0.25) is 4.68 Å². The Morgan fingerprint density at radius 2 is 1.96 bits per heavy atom. The Bertz CT molecular complexity index is 824.